The van der Waals surface area contributed by atoms with Gasteiger partial charge in [0.15, 0.2) is 11.5 Å². The van der Waals surface area contributed by atoms with Crippen LogP contribution < -0.4 is 4.90 Å². The number of hydrogen-bond acceptors (Lipinski definition) is 4. The molecule has 1 saturated heterocycles. The van der Waals surface area contributed by atoms with Gasteiger partial charge in [-0.2, -0.15) is 0 Å². The Morgan fingerprint density at radius 1 is 1.26 bits per heavy atom. The van der Waals surface area contributed by atoms with E-state index in [1.54, 1.807) is 0 Å². The van der Waals surface area contributed by atoms with Gasteiger partial charge in [-0.15, -0.1) is 0 Å². The molecule has 0 N–H and O–H groups in total. The number of morpholine rings is 1. The second kappa shape index (κ2) is 4.45. The van der Waals surface area contributed by atoms with E-state index in [-0.39, 0.29) is 0 Å². The zero-order valence-corrected chi connectivity index (χ0v) is 12.1. The fraction of sp³-hybridized carbons (Fsp3) is 0.538. The molecular formula is C13H15BrN4O. The van der Waals surface area contributed by atoms with Gasteiger partial charge in [-0.05, 0) is 28.8 Å². The number of rotatable bonds is 2. The lowest BCUT2D eigenvalue weighted by Crippen LogP contribution is -2.37. The molecule has 0 radical (unpaired) electrons. The van der Waals surface area contributed by atoms with E-state index in [2.05, 4.69) is 30.2 Å². The Labute approximate surface area is 119 Å². The van der Waals surface area contributed by atoms with Crippen molar-refractivity contribution in [2.75, 3.05) is 31.2 Å². The number of aromatic nitrogens is 3. The summed E-state index contributed by atoms with van der Waals surface area (Å²) in [5, 5.41) is 0. The summed E-state index contributed by atoms with van der Waals surface area (Å²) in [5.74, 6) is 1.60. The summed E-state index contributed by atoms with van der Waals surface area (Å²) in [7, 11) is 0. The van der Waals surface area contributed by atoms with Crippen LogP contribution in [-0.4, -0.2) is 40.7 Å². The lowest BCUT2D eigenvalue weighted by Gasteiger charge is -2.27. The molecule has 4 rings (SSSR count). The monoisotopic (exact) mass is 322 g/mol. The van der Waals surface area contributed by atoms with Crippen molar-refractivity contribution in [2.45, 2.75) is 18.8 Å². The quantitative estimate of drug-likeness (QED) is 0.850. The Balaban J connectivity index is 1.83. The molecule has 0 spiro atoms. The molecule has 2 aliphatic rings. The lowest BCUT2D eigenvalue weighted by molar-refractivity contribution is 0.122. The van der Waals surface area contributed by atoms with E-state index in [0.717, 1.165) is 42.4 Å². The van der Waals surface area contributed by atoms with E-state index >= 15 is 0 Å². The fourth-order valence-electron chi connectivity index (χ4n) is 2.57. The maximum atomic E-state index is 5.40. The smallest absolute Gasteiger partial charge is 0.181 e. The van der Waals surface area contributed by atoms with Gasteiger partial charge < -0.3 is 9.64 Å². The normalized spacial score (nSPS) is 20.2. The summed E-state index contributed by atoms with van der Waals surface area (Å²) >= 11 is 3.68. The topological polar surface area (TPSA) is 42.7 Å². The molecule has 100 valence electrons. The van der Waals surface area contributed by atoms with Crippen LogP contribution in [0.3, 0.4) is 0 Å². The highest BCUT2D eigenvalue weighted by atomic mass is 79.9. The Hall–Kier alpha value is -1.14. The van der Waals surface area contributed by atoms with Gasteiger partial charge in [0.2, 0.25) is 0 Å². The number of anilines is 1. The predicted molar refractivity (Wildman–Crippen MR) is 75.7 cm³/mol. The van der Waals surface area contributed by atoms with Crippen LogP contribution in [0.5, 0.6) is 0 Å². The lowest BCUT2D eigenvalue weighted by atomic mass is 10.3. The van der Waals surface area contributed by atoms with Gasteiger partial charge >= 0.3 is 0 Å². The molecule has 0 amide bonds. The van der Waals surface area contributed by atoms with Crippen LogP contribution >= 0.6 is 15.9 Å². The van der Waals surface area contributed by atoms with Crippen molar-refractivity contribution in [3.05, 3.63) is 22.7 Å². The molecule has 6 heteroatoms. The predicted octanol–water partition coefficient (Wildman–Crippen LogP) is 2.21. The first kappa shape index (κ1) is 11.7. The van der Waals surface area contributed by atoms with Gasteiger partial charge in [0.25, 0.3) is 0 Å². The van der Waals surface area contributed by atoms with Crippen molar-refractivity contribution in [2.24, 2.45) is 0 Å². The second-order valence-corrected chi connectivity index (χ2v) is 5.86. The molecule has 0 bridgehead atoms. The molecule has 0 aromatic carbocycles. The number of imidazole rings is 1. The zero-order valence-electron chi connectivity index (χ0n) is 10.5. The number of hydrogen-bond donors (Lipinski definition) is 0. The number of fused-ring (bicyclic) bond motifs is 1. The maximum Gasteiger partial charge on any atom is 0.181 e. The highest BCUT2D eigenvalue weighted by molar-refractivity contribution is 9.10. The Morgan fingerprint density at radius 3 is 2.79 bits per heavy atom. The van der Waals surface area contributed by atoms with Gasteiger partial charge in [0.05, 0.1) is 18.9 Å². The summed E-state index contributed by atoms with van der Waals surface area (Å²) in [5.41, 5.74) is 2.14. The highest BCUT2D eigenvalue weighted by Crippen LogP contribution is 2.43. The molecule has 0 atom stereocenters. The van der Waals surface area contributed by atoms with Crippen molar-refractivity contribution < 1.29 is 4.74 Å². The van der Waals surface area contributed by atoms with Gasteiger partial charge in [-0.3, -0.25) is 4.40 Å². The maximum absolute atomic E-state index is 5.40. The summed E-state index contributed by atoms with van der Waals surface area (Å²) in [6.07, 6.45) is 6.33. The van der Waals surface area contributed by atoms with Gasteiger partial charge in [0.1, 0.15) is 4.60 Å². The summed E-state index contributed by atoms with van der Waals surface area (Å²) in [4.78, 5) is 11.6. The molecule has 1 saturated carbocycles. The average Bonchev–Trinajstić information content (AvgIpc) is 3.25. The molecule has 0 unspecified atom stereocenters. The van der Waals surface area contributed by atoms with E-state index in [1.165, 1.54) is 18.5 Å². The third-order valence-corrected chi connectivity index (χ3v) is 4.55. The molecule has 19 heavy (non-hydrogen) atoms. The molecule has 2 fully saturated rings. The Morgan fingerprint density at radius 2 is 2.05 bits per heavy atom. The standard InChI is InChI=1S/C13H15BrN4O/c14-11-10(9-1-2-9)16-13-12(15-3-4-18(11)13)17-5-7-19-8-6-17/h3-4,9H,1-2,5-8H2. The van der Waals surface area contributed by atoms with Crippen LogP contribution in [0.2, 0.25) is 0 Å². The molecule has 5 nitrogen and oxygen atoms in total. The van der Waals surface area contributed by atoms with E-state index in [1.807, 2.05) is 12.4 Å². The minimum atomic E-state index is 0.631. The van der Waals surface area contributed by atoms with Crippen LogP contribution in [0.25, 0.3) is 5.65 Å². The van der Waals surface area contributed by atoms with Crippen molar-refractivity contribution in [1.82, 2.24) is 14.4 Å². The third-order valence-electron chi connectivity index (χ3n) is 3.76. The van der Waals surface area contributed by atoms with Crippen LogP contribution in [-0.2, 0) is 4.74 Å². The van der Waals surface area contributed by atoms with E-state index < -0.39 is 0 Å². The fourth-order valence-corrected chi connectivity index (χ4v) is 3.27. The second-order valence-electron chi connectivity index (χ2n) is 5.11. The molecular weight excluding hydrogens is 308 g/mol. The van der Waals surface area contributed by atoms with Gasteiger partial charge in [0, 0.05) is 31.4 Å². The zero-order chi connectivity index (χ0) is 12.8. The molecule has 1 aliphatic carbocycles. The van der Waals surface area contributed by atoms with Gasteiger partial charge in [-0.25, -0.2) is 9.97 Å². The van der Waals surface area contributed by atoms with Crippen molar-refractivity contribution >= 4 is 27.4 Å². The Bertz CT molecular complexity index is 616. The van der Waals surface area contributed by atoms with E-state index in [0.29, 0.717) is 5.92 Å². The average molecular weight is 323 g/mol. The van der Waals surface area contributed by atoms with E-state index in [9.17, 15) is 0 Å². The van der Waals surface area contributed by atoms with Gasteiger partial charge in [-0.1, -0.05) is 0 Å². The minimum absolute atomic E-state index is 0.631. The van der Waals surface area contributed by atoms with Crippen LogP contribution in [0, 0.1) is 0 Å². The first-order chi connectivity index (χ1) is 9.34. The van der Waals surface area contributed by atoms with Crippen LogP contribution in [0.1, 0.15) is 24.5 Å². The van der Waals surface area contributed by atoms with E-state index in [4.69, 9.17) is 9.72 Å². The third kappa shape index (κ3) is 1.94. The summed E-state index contributed by atoms with van der Waals surface area (Å²) in [6.45, 7) is 3.30. The first-order valence-electron chi connectivity index (χ1n) is 6.70. The Kier molecular flexibility index (Phi) is 2.73. The van der Waals surface area contributed by atoms with Crippen molar-refractivity contribution in [3.63, 3.8) is 0 Å². The summed E-state index contributed by atoms with van der Waals surface area (Å²) in [6, 6.07) is 0. The molecule has 1 aliphatic heterocycles. The SMILES string of the molecule is Brc1c(C2CC2)nc2c(N3CCOCC3)nccn12. The van der Waals surface area contributed by atoms with Crippen LogP contribution in [0.4, 0.5) is 5.82 Å². The largest absolute Gasteiger partial charge is 0.378 e. The number of halogens is 1. The molecule has 2 aromatic heterocycles. The molecule has 3 heterocycles. The van der Waals surface area contributed by atoms with Crippen LogP contribution in [0.15, 0.2) is 17.0 Å². The first-order valence-corrected chi connectivity index (χ1v) is 7.49. The van der Waals surface area contributed by atoms with Crippen molar-refractivity contribution in [3.8, 4) is 0 Å². The number of nitrogens with zero attached hydrogens (tertiary/aromatic N) is 4. The summed E-state index contributed by atoms with van der Waals surface area (Å²) < 4.78 is 8.59. The number of ether oxygens (including phenoxy) is 1. The molecule has 2 aromatic rings. The highest BCUT2D eigenvalue weighted by Gasteiger charge is 2.30. The minimum Gasteiger partial charge on any atom is -0.378 e. The van der Waals surface area contributed by atoms with Crippen molar-refractivity contribution in [1.29, 1.82) is 0 Å².